The molecule has 0 bridgehead atoms. The molecule has 2 aliphatic rings. The van der Waals surface area contributed by atoms with Gasteiger partial charge < -0.3 is 4.57 Å². The Bertz CT molecular complexity index is 2370. The van der Waals surface area contributed by atoms with Crippen molar-refractivity contribution in [3.8, 4) is 16.8 Å². The van der Waals surface area contributed by atoms with Gasteiger partial charge in [0.1, 0.15) is 7.35 Å². The van der Waals surface area contributed by atoms with E-state index < -0.39 is 20.7 Å². The molecule has 46 heavy (non-hydrogen) atoms. The lowest BCUT2D eigenvalue weighted by molar-refractivity contribution is 0.661. The fraction of sp³-hybridized carbons (Fsp3) is 0.0714. The van der Waals surface area contributed by atoms with Crippen LogP contribution in [0.1, 0.15) is 41.7 Å². The zero-order chi connectivity index (χ0) is 30.8. The Labute approximate surface area is 278 Å². The van der Waals surface area contributed by atoms with Gasteiger partial charge in [-0.05, 0) is 73.3 Å². The molecule has 6 aromatic carbocycles. The number of amidine groups is 1. The molecule has 1 aliphatic carbocycles. The maximum absolute atomic E-state index is 5.15. The van der Waals surface area contributed by atoms with E-state index in [9.17, 15) is 0 Å². The summed E-state index contributed by atoms with van der Waals surface area (Å²) in [6.45, 7) is 4.71. The number of para-hydroxylation sites is 1. The largest absolute Gasteiger partial charge is 0.309 e. The van der Waals surface area contributed by atoms with Gasteiger partial charge in [-0.15, -0.1) is 0 Å². The first kappa shape index (κ1) is 27.4. The molecular formula is C42H30IN3. The van der Waals surface area contributed by atoms with Gasteiger partial charge in [0.25, 0.3) is 0 Å². The quantitative estimate of drug-likeness (QED) is 0.163. The van der Waals surface area contributed by atoms with Crippen LogP contribution in [-0.2, 0) is 5.41 Å². The van der Waals surface area contributed by atoms with E-state index in [0.29, 0.717) is 0 Å². The topological polar surface area (TPSA) is 29.6 Å². The lowest BCUT2D eigenvalue weighted by Crippen LogP contribution is -2.14. The van der Waals surface area contributed by atoms with E-state index in [-0.39, 0.29) is 5.41 Å². The second kappa shape index (κ2) is 10.6. The van der Waals surface area contributed by atoms with Crippen LogP contribution in [-0.4, -0.2) is 17.8 Å². The summed E-state index contributed by atoms with van der Waals surface area (Å²) in [5.74, 6) is 0.781. The molecule has 2 heterocycles. The molecule has 1 aliphatic heterocycles. The summed E-state index contributed by atoms with van der Waals surface area (Å²) in [6.07, 6.45) is 0. The van der Waals surface area contributed by atoms with Crippen molar-refractivity contribution >= 4 is 55.7 Å². The SMILES string of the molecule is CC1(C)c2ccccc2-c2cc3c(cc21)c1ccccc1n3-c1ccc(C2=NC(c3ccccc3)=NC(c3ccccc3)=I2)cc1. The minimum Gasteiger partial charge on any atom is -0.309 e. The van der Waals surface area contributed by atoms with Gasteiger partial charge in [-0.1, -0.05) is 129 Å². The van der Waals surface area contributed by atoms with Crippen LogP contribution in [0.3, 0.4) is 0 Å². The summed E-state index contributed by atoms with van der Waals surface area (Å²) in [4.78, 5) is 10.2. The van der Waals surface area contributed by atoms with Crippen LogP contribution in [0.25, 0.3) is 38.6 Å². The molecule has 0 radical (unpaired) electrons. The van der Waals surface area contributed by atoms with Crippen molar-refractivity contribution in [1.82, 2.24) is 4.57 Å². The van der Waals surface area contributed by atoms with Crippen LogP contribution in [0.15, 0.2) is 156 Å². The molecule has 0 saturated carbocycles. The monoisotopic (exact) mass is 703 g/mol. The van der Waals surface area contributed by atoms with Crippen molar-refractivity contribution in [2.45, 2.75) is 19.3 Å². The number of hydrogen-bond donors (Lipinski definition) is 0. The molecule has 0 amide bonds. The Morgan fingerprint density at radius 1 is 0.522 bits per heavy atom. The van der Waals surface area contributed by atoms with Gasteiger partial charge in [0.15, 0.2) is 5.84 Å². The highest BCUT2D eigenvalue weighted by Crippen LogP contribution is 2.50. The lowest BCUT2D eigenvalue weighted by Gasteiger charge is -2.21. The first-order chi connectivity index (χ1) is 22.6. The molecule has 0 fully saturated rings. The minimum atomic E-state index is -0.573. The van der Waals surface area contributed by atoms with Gasteiger partial charge in [-0.3, -0.25) is 0 Å². The van der Waals surface area contributed by atoms with Crippen LogP contribution in [0.2, 0.25) is 0 Å². The van der Waals surface area contributed by atoms with E-state index in [1.165, 1.54) is 49.6 Å². The van der Waals surface area contributed by atoms with Gasteiger partial charge >= 0.3 is 0 Å². The second-order valence-corrected chi connectivity index (χ2v) is 15.0. The molecule has 7 aromatic rings. The van der Waals surface area contributed by atoms with E-state index in [1.807, 2.05) is 18.2 Å². The van der Waals surface area contributed by atoms with Gasteiger partial charge in [-0.25, -0.2) is 9.98 Å². The number of halogens is 1. The van der Waals surface area contributed by atoms with E-state index in [4.69, 9.17) is 9.98 Å². The van der Waals surface area contributed by atoms with E-state index in [1.54, 1.807) is 0 Å². The van der Waals surface area contributed by atoms with E-state index >= 15 is 0 Å². The summed E-state index contributed by atoms with van der Waals surface area (Å²) in [5, 5.41) is 2.58. The van der Waals surface area contributed by atoms with Crippen LogP contribution in [0, 0.1) is 0 Å². The van der Waals surface area contributed by atoms with Crippen LogP contribution in [0.4, 0.5) is 0 Å². The number of hydrogen-bond acceptors (Lipinski definition) is 2. The fourth-order valence-corrected chi connectivity index (χ4v) is 9.58. The van der Waals surface area contributed by atoms with Crippen molar-refractivity contribution in [3.63, 3.8) is 0 Å². The molecule has 0 atom stereocenters. The first-order valence-electron chi connectivity index (χ1n) is 15.6. The van der Waals surface area contributed by atoms with Gasteiger partial charge in [0, 0.05) is 38.6 Å². The number of rotatable bonds is 4. The average Bonchev–Trinajstić information content (AvgIpc) is 3.56. The Morgan fingerprint density at radius 3 is 1.98 bits per heavy atom. The predicted octanol–water partition coefficient (Wildman–Crippen LogP) is 10.4. The fourth-order valence-electron chi connectivity index (χ4n) is 7.06. The Kier molecular flexibility index (Phi) is 6.29. The number of fused-ring (bicyclic) bond motifs is 6. The van der Waals surface area contributed by atoms with Crippen molar-refractivity contribution < 1.29 is 0 Å². The third-order valence-corrected chi connectivity index (χ3v) is 12.1. The standard InChI is InChI=1S/C42H30IN3/c1-42(2)35-19-11-9-17-31(35)33-26-38-34(25-36(33)42)32-18-10-12-20-37(32)46(38)30-23-21-28(22-24-30)40-43-39(27-13-5-3-6-14-27)44-41(45-40)29-15-7-4-8-16-29/h3-26H,1-2H3. The molecule has 9 rings (SSSR count). The van der Waals surface area contributed by atoms with Crippen molar-refractivity contribution in [1.29, 1.82) is 0 Å². The Morgan fingerprint density at radius 2 is 1.20 bits per heavy atom. The molecule has 1 aromatic heterocycles. The Balaban J connectivity index is 1.19. The Hall–Kier alpha value is -4.94. The maximum Gasteiger partial charge on any atom is 0.161 e. The van der Waals surface area contributed by atoms with Gasteiger partial charge in [-0.2, -0.15) is 0 Å². The number of aliphatic imine (C=N–C) groups is 2. The second-order valence-electron chi connectivity index (χ2n) is 12.4. The highest BCUT2D eigenvalue weighted by molar-refractivity contribution is 14.2. The molecular weight excluding hydrogens is 673 g/mol. The maximum atomic E-state index is 5.15. The van der Waals surface area contributed by atoms with E-state index in [2.05, 4.69) is 146 Å². The van der Waals surface area contributed by atoms with Crippen LogP contribution in [0.5, 0.6) is 0 Å². The average molecular weight is 704 g/mol. The summed E-state index contributed by atoms with van der Waals surface area (Å²) >= 11 is -0.573. The molecule has 0 unspecified atom stereocenters. The van der Waals surface area contributed by atoms with E-state index in [0.717, 1.165) is 30.0 Å². The molecule has 4 heteroatoms. The summed E-state index contributed by atoms with van der Waals surface area (Å²) in [7, 11) is 0. The van der Waals surface area contributed by atoms with Crippen molar-refractivity contribution in [2.24, 2.45) is 9.98 Å². The highest BCUT2D eigenvalue weighted by Gasteiger charge is 2.36. The highest BCUT2D eigenvalue weighted by atomic mass is 127. The third-order valence-electron chi connectivity index (χ3n) is 9.37. The normalized spacial score (nSPS) is 15.0. The molecule has 220 valence electrons. The summed E-state index contributed by atoms with van der Waals surface area (Å²) in [5.41, 5.74) is 12.4. The molecule has 0 N–H and O–H groups in total. The zero-order valence-corrected chi connectivity index (χ0v) is 27.7. The van der Waals surface area contributed by atoms with Crippen LogP contribution < -0.4 is 0 Å². The molecule has 0 spiro atoms. The number of nitrogens with zero attached hydrogens (tertiary/aromatic N) is 3. The lowest BCUT2D eigenvalue weighted by atomic mass is 9.82. The van der Waals surface area contributed by atoms with Crippen LogP contribution >= 0.6 is 20.7 Å². The summed E-state index contributed by atoms with van der Waals surface area (Å²) < 4.78 is 4.71. The number of benzene rings is 6. The van der Waals surface area contributed by atoms with Crippen molar-refractivity contribution in [3.05, 3.63) is 173 Å². The van der Waals surface area contributed by atoms with Crippen molar-refractivity contribution in [2.75, 3.05) is 0 Å². The molecule has 0 saturated heterocycles. The molecule has 3 nitrogen and oxygen atoms in total. The zero-order valence-electron chi connectivity index (χ0n) is 25.6. The third kappa shape index (κ3) is 4.27. The summed E-state index contributed by atoms with van der Waals surface area (Å²) in [6, 6.07) is 52.4. The minimum absolute atomic E-state index is 0.0354. The number of aromatic nitrogens is 1. The van der Waals surface area contributed by atoms with Gasteiger partial charge in [0.2, 0.25) is 0 Å². The smallest absolute Gasteiger partial charge is 0.161 e. The predicted molar refractivity (Wildman–Crippen MR) is 202 cm³/mol. The first-order valence-corrected chi connectivity index (χ1v) is 17.8. The van der Waals surface area contributed by atoms with Gasteiger partial charge in [0.05, 0.1) is 11.0 Å².